The molecule has 2 aromatic carbocycles. The van der Waals surface area contributed by atoms with Crippen LogP contribution in [-0.4, -0.2) is 22.6 Å². The van der Waals surface area contributed by atoms with Crippen molar-refractivity contribution in [3.05, 3.63) is 70.8 Å². The molecule has 0 bridgehead atoms. The summed E-state index contributed by atoms with van der Waals surface area (Å²) in [6.07, 6.45) is 0.576. The van der Waals surface area contributed by atoms with Gasteiger partial charge in [-0.1, -0.05) is 36.4 Å². The minimum atomic E-state index is -0.152. The van der Waals surface area contributed by atoms with Crippen LogP contribution in [0, 0.1) is 6.92 Å². The number of amides is 3. The van der Waals surface area contributed by atoms with Gasteiger partial charge in [-0.2, -0.15) is 0 Å². The van der Waals surface area contributed by atoms with Crippen molar-refractivity contribution in [2.45, 2.75) is 39.3 Å². The number of rotatable bonds is 5. The van der Waals surface area contributed by atoms with E-state index >= 15 is 0 Å². The minimum Gasteiger partial charge on any atom is -0.346 e. The zero-order valence-electron chi connectivity index (χ0n) is 15.0. The number of nitrogens with zero attached hydrogens (tertiary/aromatic N) is 1. The lowest BCUT2D eigenvalue weighted by Gasteiger charge is -2.17. The molecular weight excluding hydrogens is 328 g/mol. The van der Waals surface area contributed by atoms with Gasteiger partial charge in [0, 0.05) is 18.4 Å². The molecule has 0 saturated carbocycles. The first kappa shape index (κ1) is 17.9. The first-order chi connectivity index (χ1) is 12.5. The normalized spacial score (nSPS) is 15.2. The Morgan fingerprint density at radius 3 is 2.27 bits per heavy atom. The molecule has 3 rings (SSSR count). The fourth-order valence-electron chi connectivity index (χ4n) is 3.17. The van der Waals surface area contributed by atoms with Crippen LogP contribution in [0.5, 0.6) is 0 Å². The van der Waals surface area contributed by atoms with Crippen LogP contribution in [0.3, 0.4) is 0 Å². The molecule has 134 valence electrons. The summed E-state index contributed by atoms with van der Waals surface area (Å²) in [5.74, 6) is -0.423. The molecule has 1 saturated heterocycles. The summed E-state index contributed by atoms with van der Waals surface area (Å²) in [5.41, 5.74) is 3.60. The lowest BCUT2D eigenvalue weighted by Crippen LogP contribution is -2.28. The van der Waals surface area contributed by atoms with Crippen LogP contribution in [0.15, 0.2) is 48.5 Å². The number of likely N-dealkylation sites (tertiary alicyclic amines) is 1. The molecule has 26 heavy (non-hydrogen) atoms. The van der Waals surface area contributed by atoms with E-state index in [4.69, 9.17) is 0 Å². The molecule has 1 N–H and O–H groups in total. The summed E-state index contributed by atoms with van der Waals surface area (Å²) >= 11 is 0. The van der Waals surface area contributed by atoms with Gasteiger partial charge in [-0.05, 0) is 42.7 Å². The lowest BCUT2D eigenvalue weighted by molar-refractivity contribution is -0.139. The van der Waals surface area contributed by atoms with Gasteiger partial charge in [0.2, 0.25) is 11.8 Å². The van der Waals surface area contributed by atoms with Gasteiger partial charge in [0.15, 0.2) is 0 Å². The maximum Gasteiger partial charge on any atom is 0.251 e. The van der Waals surface area contributed by atoms with E-state index in [1.54, 1.807) is 24.3 Å². The van der Waals surface area contributed by atoms with E-state index in [2.05, 4.69) is 5.32 Å². The molecule has 0 spiro atoms. The molecule has 5 heteroatoms. The molecule has 1 aliphatic rings. The Bertz CT molecular complexity index is 827. The monoisotopic (exact) mass is 350 g/mol. The molecule has 0 aromatic heterocycles. The average molecular weight is 350 g/mol. The maximum absolute atomic E-state index is 12.5. The third kappa shape index (κ3) is 3.82. The summed E-state index contributed by atoms with van der Waals surface area (Å²) in [7, 11) is 0. The second kappa shape index (κ2) is 7.52. The standard InChI is InChI=1S/C21H22N2O3/c1-14-5-3-4-6-18(14)15(2)22-21(26)17-9-7-16(8-10-17)13-23-19(24)11-12-20(23)25/h3-10,15H,11-13H2,1-2H3,(H,22,26)/t15-/m0/s1. The fourth-order valence-corrected chi connectivity index (χ4v) is 3.17. The van der Waals surface area contributed by atoms with Crippen LogP contribution in [0.1, 0.15) is 52.9 Å². The number of carbonyl (C=O) groups excluding carboxylic acids is 3. The number of imide groups is 1. The van der Waals surface area contributed by atoms with Gasteiger partial charge in [0.05, 0.1) is 12.6 Å². The summed E-state index contributed by atoms with van der Waals surface area (Å²) in [6, 6.07) is 14.9. The van der Waals surface area contributed by atoms with Crippen LogP contribution in [-0.2, 0) is 16.1 Å². The van der Waals surface area contributed by atoms with Crippen molar-refractivity contribution in [3.8, 4) is 0 Å². The SMILES string of the molecule is Cc1ccccc1[C@H](C)NC(=O)c1ccc(CN2C(=O)CCC2=O)cc1. The van der Waals surface area contributed by atoms with E-state index in [0.717, 1.165) is 16.7 Å². The Morgan fingerprint density at radius 2 is 1.65 bits per heavy atom. The van der Waals surface area contributed by atoms with E-state index in [0.29, 0.717) is 5.56 Å². The Balaban J connectivity index is 1.64. The molecule has 2 aromatic rings. The van der Waals surface area contributed by atoms with E-state index in [-0.39, 0.29) is 43.1 Å². The smallest absolute Gasteiger partial charge is 0.251 e. The lowest BCUT2D eigenvalue weighted by atomic mass is 10.0. The summed E-state index contributed by atoms with van der Waals surface area (Å²) in [4.78, 5) is 37.1. The molecule has 0 aliphatic carbocycles. The number of aryl methyl sites for hydroxylation is 1. The van der Waals surface area contributed by atoms with Crippen LogP contribution >= 0.6 is 0 Å². The third-order valence-corrected chi connectivity index (χ3v) is 4.71. The number of hydrogen-bond donors (Lipinski definition) is 1. The predicted molar refractivity (Wildman–Crippen MR) is 98.3 cm³/mol. The van der Waals surface area contributed by atoms with E-state index < -0.39 is 0 Å². The van der Waals surface area contributed by atoms with Crippen molar-refractivity contribution in [3.63, 3.8) is 0 Å². The molecule has 0 radical (unpaired) electrons. The highest BCUT2D eigenvalue weighted by Gasteiger charge is 2.28. The van der Waals surface area contributed by atoms with E-state index in [1.165, 1.54) is 4.90 Å². The molecule has 1 heterocycles. The van der Waals surface area contributed by atoms with Crippen molar-refractivity contribution in [2.75, 3.05) is 0 Å². The van der Waals surface area contributed by atoms with Crippen LogP contribution < -0.4 is 5.32 Å². The van der Waals surface area contributed by atoms with Crippen molar-refractivity contribution in [2.24, 2.45) is 0 Å². The van der Waals surface area contributed by atoms with Crippen molar-refractivity contribution in [1.82, 2.24) is 10.2 Å². The quantitative estimate of drug-likeness (QED) is 0.843. The second-order valence-corrected chi connectivity index (χ2v) is 6.62. The highest BCUT2D eigenvalue weighted by atomic mass is 16.2. The molecule has 1 fully saturated rings. The van der Waals surface area contributed by atoms with Gasteiger partial charge in [-0.3, -0.25) is 19.3 Å². The van der Waals surface area contributed by atoms with Gasteiger partial charge in [-0.25, -0.2) is 0 Å². The van der Waals surface area contributed by atoms with Crippen molar-refractivity contribution >= 4 is 17.7 Å². The molecular formula is C21H22N2O3. The Kier molecular flexibility index (Phi) is 5.16. The Hall–Kier alpha value is -2.95. The Morgan fingerprint density at radius 1 is 1.04 bits per heavy atom. The summed E-state index contributed by atoms with van der Waals surface area (Å²) in [5, 5.41) is 3.00. The highest BCUT2D eigenvalue weighted by molar-refractivity contribution is 6.01. The molecule has 0 unspecified atom stereocenters. The van der Waals surface area contributed by atoms with Gasteiger partial charge in [0.1, 0.15) is 0 Å². The maximum atomic E-state index is 12.5. The number of hydrogen-bond acceptors (Lipinski definition) is 3. The zero-order valence-corrected chi connectivity index (χ0v) is 15.0. The second-order valence-electron chi connectivity index (χ2n) is 6.62. The summed E-state index contributed by atoms with van der Waals surface area (Å²) in [6.45, 7) is 4.24. The zero-order chi connectivity index (χ0) is 18.7. The van der Waals surface area contributed by atoms with E-state index in [9.17, 15) is 14.4 Å². The third-order valence-electron chi connectivity index (χ3n) is 4.71. The Labute approximate surface area is 153 Å². The predicted octanol–water partition coefficient (Wildman–Crippen LogP) is 3.14. The van der Waals surface area contributed by atoms with Gasteiger partial charge in [0.25, 0.3) is 5.91 Å². The van der Waals surface area contributed by atoms with E-state index in [1.807, 2.05) is 38.1 Å². The van der Waals surface area contributed by atoms with Crippen molar-refractivity contribution in [1.29, 1.82) is 0 Å². The molecule has 3 amide bonds. The number of carbonyl (C=O) groups is 3. The van der Waals surface area contributed by atoms with Crippen LogP contribution in [0.4, 0.5) is 0 Å². The molecule has 1 atom stereocenters. The van der Waals surface area contributed by atoms with Crippen molar-refractivity contribution < 1.29 is 14.4 Å². The van der Waals surface area contributed by atoms with Crippen LogP contribution in [0.25, 0.3) is 0 Å². The number of benzene rings is 2. The first-order valence-corrected chi connectivity index (χ1v) is 8.74. The topological polar surface area (TPSA) is 66.5 Å². The summed E-state index contributed by atoms with van der Waals surface area (Å²) < 4.78 is 0. The van der Waals surface area contributed by atoms with Gasteiger partial charge < -0.3 is 5.32 Å². The van der Waals surface area contributed by atoms with Gasteiger partial charge >= 0.3 is 0 Å². The van der Waals surface area contributed by atoms with Gasteiger partial charge in [-0.15, -0.1) is 0 Å². The largest absolute Gasteiger partial charge is 0.346 e. The molecule has 1 aliphatic heterocycles. The number of nitrogens with one attached hydrogen (secondary N) is 1. The average Bonchev–Trinajstić information content (AvgIpc) is 2.94. The molecule has 5 nitrogen and oxygen atoms in total. The first-order valence-electron chi connectivity index (χ1n) is 8.74. The minimum absolute atomic E-state index is 0.0942. The fraction of sp³-hybridized carbons (Fsp3) is 0.286. The highest BCUT2D eigenvalue weighted by Crippen LogP contribution is 2.18. The van der Waals surface area contributed by atoms with Crippen LogP contribution in [0.2, 0.25) is 0 Å².